The van der Waals surface area contributed by atoms with Gasteiger partial charge >= 0.3 is 0 Å². The summed E-state index contributed by atoms with van der Waals surface area (Å²) in [5, 5.41) is 10.5. The van der Waals surface area contributed by atoms with E-state index in [1.54, 1.807) is 6.08 Å². The van der Waals surface area contributed by atoms with Crippen LogP contribution in [0.5, 0.6) is 0 Å². The maximum atomic E-state index is 12.2. The van der Waals surface area contributed by atoms with Gasteiger partial charge in [0.15, 0.2) is 0 Å². The highest BCUT2D eigenvalue weighted by molar-refractivity contribution is 8.26. The van der Waals surface area contributed by atoms with Crippen molar-refractivity contribution in [2.75, 3.05) is 6.54 Å². The van der Waals surface area contributed by atoms with E-state index >= 15 is 0 Å². The molecule has 104 valence electrons. The molecule has 1 aromatic carbocycles. The number of carboxylic acids is 1. The van der Waals surface area contributed by atoms with Crippen LogP contribution in [0.25, 0.3) is 6.08 Å². The smallest absolute Gasteiger partial charge is 0.266 e. The zero-order valence-corrected chi connectivity index (χ0v) is 12.4. The van der Waals surface area contributed by atoms with Crippen LogP contribution < -0.4 is 5.11 Å². The third-order valence-corrected chi connectivity index (χ3v) is 4.13. The monoisotopic (exact) mass is 306 g/mol. The Labute approximate surface area is 126 Å². The van der Waals surface area contributed by atoms with Crippen molar-refractivity contribution in [2.45, 2.75) is 13.3 Å². The Morgan fingerprint density at radius 3 is 2.90 bits per heavy atom. The van der Waals surface area contributed by atoms with Gasteiger partial charge in [-0.25, -0.2) is 0 Å². The number of thioether (sulfide) groups is 1. The zero-order chi connectivity index (χ0) is 14.7. The van der Waals surface area contributed by atoms with E-state index in [2.05, 4.69) is 0 Å². The van der Waals surface area contributed by atoms with E-state index in [1.165, 1.54) is 16.7 Å². The third kappa shape index (κ3) is 3.46. The summed E-state index contributed by atoms with van der Waals surface area (Å²) >= 11 is 6.29. The third-order valence-electron chi connectivity index (χ3n) is 2.75. The highest BCUT2D eigenvalue weighted by Gasteiger charge is 2.31. The lowest BCUT2D eigenvalue weighted by atomic mass is 10.1. The normalized spacial score (nSPS) is 17.1. The van der Waals surface area contributed by atoms with Crippen molar-refractivity contribution in [3.63, 3.8) is 0 Å². The van der Waals surface area contributed by atoms with Crippen molar-refractivity contribution in [3.05, 3.63) is 40.3 Å². The van der Waals surface area contributed by atoms with Crippen LogP contribution in [0.2, 0.25) is 0 Å². The predicted octanol–water partition coefficient (Wildman–Crippen LogP) is 1.34. The Kier molecular flexibility index (Phi) is 4.57. The zero-order valence-electron chi connectivity index (χ0n) is 10.8. The lowest BCUT2D eigenvalue weighted by molar-refractivity contribution is -0.305. The molecule has 4 nitrogen and oxygen atoms in total. The van der Waals surface area contributed by atoms with Crippen LogP contribution in [0.1, 0.15) is 17.5 Å². The molecule has 1 aliphatic rings. The number of nitrogens with zero attached hydrogens (tertiary/aromatic N) is 1. The van der Waals surface area contributed by atoms with Gasteiger partial charge in [0.05, 0.1) is 4.91 Å². The van der Waals surface area contributed by atoms with Gasteiger partial charge in [-0.15, -0.1) is 0 Å². The number of hydrogen-bond donors (Lipinski definition) is 0. The molecule has 20 heavy (non-hydrogen) atoms. The average molecular weight is 306 g/mol. The molecule has 0 aliphatic carbocycles. The van der Waals surface area contributed by atoms with E-state index in [4.69, 9.17) is 12.2 Å². The Hall–Kier alpha value is -1.66. The molecule has 0 spiro atoms. The highest BCUT2D eigenvalue weighted by atomic mass is 32.2. The number of hydrogen-bond acceptors (Lipinski definition) is 5. The number of carboxylic acid groups (broad SMARTS) is 1. The van der Waals surface area contributed by atoms with Crippen LogP contribution in [-0.2, 0) is 9.59 Å². The first-order valence-electron chi connectivity index (χ1n) is 5.99. The molecule has 6 heteroatoms. The first-order chi connectivity index (χ1) is 9.47. The minimum atomic E-state index is -1.19. The Balaban J connectivity index is 2.17. The standard InChI is InChI=1S/C14H13NO3S2/c1-9-3-2-4-10(7-9)8-11-13(18)15(14(19)20-11)6-5-12(16)17/h2-4,7-8H,5-6H2,1H3,(H,16,17)/p-1/b11-8+. The highest BCUT2D eigenvalue weighted by Crippen LogP contribution is 2.32. The number of amides is 1. The number of aliphatic carboxylic acids is 1. The fourth-order valence-electron chi connectivity index (χ4n) is 1.81. The van der Waals surface area contributed by atoms with E-state index in [-0.39, 0.29) is 18.9 Å². The minimum Gasteiger partial charge on any atom is -0.550 e. The second-order valence-electron chi connectivity index (χ2n) is 4.37. The number of aryl methyl sites for hydroxylation is 1. The Morgan fingerprint density at radius 1 is 1.50 bits per heavy atom. The van der Waals surface area contributed by atoms with Gasteiger partial charge in [-0.1, -0.05) is 53.8 Å². The SMILES string of the molecule is Cc1cccc(/C=C2/SC(=S)N(CCC(=O)[O-])C2=O)c1. The molecule has 0 aromatic heterocycles. The van der Waals surface area contributed by atoms with Crippen LogP contribution in [-0.4, -0.2) is 27.6 Å². The molecule has 0 bridgehead atoms. The molecular weight excluding hydrogens is 294 g/mol. The number of carbonyl (C=O) groups excluding carboxylic acids is 2. The summed E-state index contributed by atoms with van der Waals surface area (Å²) in [4.78, 5) is 24.4. The second-order valence-corrected chi connectivity index (χ2v) is 6.05. The fraction of sp³-hybridized carbons (Fsp3) is 0.214. The molecule has 1 saturated heterocycles. The van der Waals surface area contributed by atoms with Gasteiger partial charge in [-0.2, -0.15) is 0 Å². The summed E-state index contributed by atoms with van der Waals surface area (Å²) in [5.41, 5.74) is 2.02. The van der Waals surface area contributed by atoms with Gasteiger partial charge in [0, 0.05) is 18.9 Å². The van der Waals surface area contributed by atoms with E-state index in [0.29, 0.717) is 9.23 Å². The Morgan fingerprint density at radius 2 is 2.25 bits per heavy atom. The van der Waals surface area contributed by atoms with Crippen LogP contribution in [0.4, 0.5) is 0 Å². The molecular formula is C14H12NO3S2-. The molecule has 0 N–H and O–H groups in total. The number of carbonyl (C=O) groups is 2. The van der Waals surface area contributed by atoms with Crippen LogP contribution >= 0.6 is 24.0 Å². The van der Waals surface area contributed by atoms with Gasteiger partial charge < -0.3 is 9.90 Å². The number of rotatable bonds is 4. The molecule has 0 saturated carbocycles. The summed E-state index contributed by atoms with van der Waals surface area (Å²) < 4.78 is 0.384. The quantitative estimate of drug-likeness (QED) is 0.620. The largest absolute Gasteiger partial charge is 0.550 e. The van der Waals surface area contributed by atoms with Gasteiger partial charge in [0.2, 0.25) is 0 Å². The maximum Gasteiger partial charge on any atom is 0.266 e. The lowest BCUT2D eigenvalue weighted by Crippen LogP contribution is -2.33. The van der Waals surface area contributed by atoms with E-state index < -0.39 is 5.97 Å². The molecule has 1 heterocycles. The first-order valence-corrected chi connectivity index (χ1v) is 7.22. The van der Waals surface area contributed by atoms with Gasteiger partial charge in [-0.3, -0.25) is 9.69 Å². The summed E-state index contributed by atoms with van der Waals surface area (Å²) in [7, 11) is 0. The summed E-state index contributed by atoms with van der Waals surface area (Å²) in [6.45, 7) is 2.03. The van der Waals surface area contributed by atoms with Crippen LogP contribution in [0.15, 0.2) is 29.2 Å². The van der Waals surface area contributed by atoms with E-state index in [1.807, 2.05) is 31.2 Å². The molecule has 1 amide bonds. The van der Waals surface area contributed by atoms with Crippen molar-refractivity contribution in [2.24, 2.45) is 0 Å². The van der Waals surface area contributed by atoms with E-state index in [9.17, 15) is 14.7 Å². The van der Waals surface area contributed by atoms with Crippen molar-refractivity contribution in [1.82, 2.24) is 4.90 Å². The summed E-state index contributed by atoms with van der Waals surface area (Å²) in [6, 6.07) is 7.76. The van der Waals surface area contributed by atoms with Crippen molar-refractivity contribution < 1.29 is 14.7 Å². The van der Waals surface area contributed by atoms with Crippen molar-refractivity contribution in [3.8, 4) is 0 Å². The van der Waals surface area contributed by atoms with Crippen molar-refractivity contribution in [1.29, 1.82) is 0 Å². The first kappa shape index (κ1) is 14.7. The summed E-state index contributed by atoms with van der Waals surface area (Å²) in [5.74, 6) is -1.44. The number of thiocarbonyl (C=S) groups is 1. The minimum absolute atomic E-state index is 0.0537. The fourth-order valence-corrected chi connectivity index (χ4v) is 3.12. The van der Waals surface area contributed by atoms with Gasteiger partial charge in [-0.05, 0) is 18.6 Å². The molecule has 0 atom stereocenters. The predicted molar refractivity (Wildman–Crippen MR) is 80.7 cm³/mol. The van der Waals surface area contributed by atoms with Gasteiger partial charge in [0.1, 0.15) is 4.32 Å². The van der Waals surface area contributed by atoms with Crippen LogP contribution in [0, 0.1) is 6.92 Å². The molecule has 1 aliphatic heterocycles. The second kappa shape index (κ2) is 6.19. The van der Waals surface area contributed by atoms with Crippen LogP contribution in [0.3, 0.4) is 0 Å². The average Bonchev–Trinajstić information content (AvgIpc) is 2.62. The molecule has 0 unspecified atom stereocenters. The summed E-state index contributed by atoms with van der Waals surface area (Å²) in [6.07, 6.45) is 1.55. The molecule has 2 rings (SSSR count). The Bertz CT molecular complexity index is 610. The van der Waals surface area contributed by atoms with Crippen molar-refractivity contribution >= 4 is 46.3 Å². The maximum absolute atomic E-state index is 12.2. The molecule has 0 radical (unpaired) electrons. The van der Waals surface area contributed by atoms with Gasteiger partial charge in [0.25, 0.3) is 5.91 Å². The molecule has 1 fully saturated rings. The van der Waals surface area contributed by atoms with E-state index in [0.717, 1.165) is 11.1 Å². The molecule has 1 aromatic rings. The topological polar surface area (TPSA) is 60.4 Å². The number of benzene rings is 1. The lowest BCUT2D eigenvalue weighted by Gasteiger charge is -2.14.